The molecule has 3 aromatic heterocycles. The maximum atomic E-state index is 12.5. The summed E-state index contributed by atoms with van der Waals surface area (Å²) in [6.45, 7) is 2.33. The number of fused-ring (bicyclic) bond motifs is 3. The molecule has 0 unspecified atom stereocenters. The molecule has 0 aliphatic heterocycles. The second-order valence-electron chi connectivity index (χ2n) is 6.95. The van der Waals surface area contributed by atoms with E-state index >= 15 is 0 Å². The number of rotatable bonds is 5. The highest BCUT2D eigenvalue weighted by atomic mass is 32.1. The van der Waals surface area contributed by atoms with Crippen LogP contribution in [-0.4, -0.2) is 20.9 Å². The van der Waals surface area contributed by atoms with E-state index in [0.717, 1.165) is 40.9 Å². The number of aromatic nitrogens is 3. The van der Waals surface area contributed by atoms with E-state index < -0.39 is 0 Å². The number of thiophene rings is 1. The third-order valence-electron chi connectivity index (χ3n) is 4.88. The van der Waals surface area contributed by atoms with E-state index in [2.05, 4.69) is 20.3 Å². The Hall–Kier alpha value is -2.54. The molecule has 2 N–H and O–H groups in total. The Balaban J connectivity index is 1.41. The fourth-order valence-electron chi connectivity index (χ4n) is 3.53. The third kappa shape index (κ3) is 3.93. The summed E-state index contributed by atoms with van der Waals surface area (Å²) in [4.78, 5) is 38.6. The molecule has 0 saturated carbocycles. The van der Waals surface area contributed by atoms with E-state index in [0.29, 0.717) is 18.8 Å². The van der Waals surface area contributed by atoms with E-state index in [9.17, 15) is 9.59 Å². The first-order valence-electron chi connectivity index (χ1n) is 9.33. The third-order valence-corrected chi connectivity index (χ3v) is 6.06. The van der Waals surface area contributed by atoms with Crippen molar-refractivity contribution in [1.29, 1.82) is 0 Å². The molecule has 27 heavy (non-hydrogen) atoms. The number of nitrogens with zero attached hydrogens (tertiary/aromatic N) is 2. The van der Waals surface area contributed by atoms with Gasteiger partial charge in [-0.3, -0.25) is 14.6 Å². The summed E-state index contributed by atoms with van der Waals surface area (Å²) in [6, 6.07) is 5.74. The molecule has 0 atom stereocenters. The number of hydrogen-bond acceptors (Lipinski definition) is 5. The molecule has 3 heterocycles. The first-order chi connectivity index (χ1) is 13.1. The Morgan fingerprint density at radius 2 is 2.11 bits per heavy atom. The largest absolute Gasteiger partial charge is 0.350 e. The van der Waals surface area contributed by atoms with Crippen molar-refractivity contribution in [2.45, 2.75) is 52.0 Å². The van der Waals surface area contributed by atoms with Crippen molar-refractivity contribution in [3.05, 3.63) is 56.2 Å². The highest BCUT2D eigenvalue weighted by molar-refractivity contribution is 7.18. The van der Waals surface area contributed by atoms with Gasteiger partial charge >= 0.3 is 0 Å². The predicted molar refractivity (Wildman–Crippen MR) is 106 cm³/mol. The lowest BCUT2D eigenvalue weighted by Crippen LogP contribution is -2.24. The van der Waals surface area contributed by atoms with Crippen molar-refractivity contribution in [1.82, 2.24) is 20.3 Å². The first kappa shape index (κ1) is 17.9. The average molecular weight is 382 g/mol. The Morgan fingerprint density at radius 1 is 1.26 bits per heavy atom. The Morgan fingerprint density at radius 3 is 2.96 bits per heavy atom. The Kier molecular flexibility index (Phi) is 5.03. The number of carbonyl (C=O) groups excluding carboxylic acids is 1. The lowest BCUT2D eigenvalue weighted by Gasteiger charge is -2.09. The minimum atomic E-state index is -0.0773. The molecule has 0 fully saturated rings. The summed E-state index contributed by atoms with van der Waals surface area (Å²) in [6.07, 6.45) is 5.03. The molecule has 0 spiro atoms. The fraction of sp³-hybridized carbons (Fsp3) is 0.400. The van der Waals surface area contributed by atoms with E-state index in [1.54, 1.807) is 11.3 Å². The first-order valence-corrected chi connectivity index (χ1v) is 10.1. The van der Waals surface area contributed by atoms with Crippen molar-refractivity contribution >= 4 is 27.5 Å². The van der Waals surface area contributed by atoms with Gasteiger partial charge in [-0.25, -0.2) is 4.98 Å². The van der Waals surface area contributed by atoms with Gasteiger partial charge in [0.25, 0.3) is 5.56 Å². The van der Waals surface area contributed by atoms with Crippen LogP contribution in [0, 0.1) is 6.92 Å². The van der Waals surface area contributed by atoms with Gasteiger partial charge in [-0.05, 0) is 50.3 Å². The van der Waals surface area contributed by atoms with Gasteiger partial charge in [-0.2, -0.15) is 0 Å². The number of aryl methyl sites for hydroxylation is 4. The molecule has 140 valence electrons. The van der Waals surface area contributed by atoms with Gasteiger partial charge < -0.3 is 10.3 Å². The van der Waals surface area contributed by atoms with Gasteiger partial charge in [0.1, 0.15) is 10.7 Å². The van der Waals surface area contributed by atoms with Crippen LogP contribution in [0.5, 0.6) is 0 Å². The van der Waals surface area contributed by atoms with Crippen LogP contribution in [-0.2, 0) is 30.6 Å². The molecule has 1 aliphatic rings. The number of nitrogens with one attached hydrogen (secondary N) is 2. The van der Waals surface area contributed by atoms with Gasteiger partial charge in [-0.1, -0.05) is 6.07 Å². The molecule has 1 aliphatic carbocycles. The van der Waals surface area contributed by atoms with Crippen LogP contribution in [0.4, 0.5) is 0 Å². The minimum absolute atomic E-state index is 0.0706. The van der Waals surface area contributed by atoms with Gasteiger partial charge in [0.2, 0.25) is 5.91 Å². The summed E-state index contributed by atoms with van der Waals surface area (Å²) in [5, 5.41) is 3.63. The summed E-state index contributed by atoms with van der Waals surface area (Å²) in [7, 11) is 0. The second kappa shape index (κ2) is 7.60. The summed E-state index contributed by atoms with van der Waals surface area (Å²) in [5.74, 6) is 0.501. The van der Waals surface area contributed by atoms with E-state index in [1.807, 2.05) is 25.1 Å². The van der Waals surface area contributed by atoms with Crippen LogP contribution in [0.1, 0.15) is 46.9 Å². The molecule has 1 amide bonds. The van der Waals surface area contributed by atoms with Gasteiger partial charge in [0.05, 0.1) is 17.6 Å². The van der Waals surface area contributed by atoms with Crippen LogP contribution in [0.2, 0.25) is 0 Å². The van der Waals surface area contributed by atoms with Crippen LogP contribution in [0.3, 0.4) is 0 Å². The molecule has 7 heteroatoms. The van der Waals surface area contributed by atoms with Crippen molar-refractivity contribution < 1.29 is 4.79 Å². The molecule has 0 bridgehead atoms. The summed E-state index contributed by atoms with van der Waals surface area (Å²) < 4.78 is 0. The van der Waals surface area contributed by atoms with Crippen LogP contribution < -0.4 is 10.9 Å². The van der Waals surface area contributed by atoms with Crippen molar-refractivity contribution in [3.8, 4) is 0 Å². The predicted octanol–water partition coefficient (Wildman–Crippen LogP) is 2.82. The van der Waals surface area contributed by atoms with Gasteiger partial charge in [-0.15, -0.1) is 11.3 Å². The minimum Gasteiger partial charge on any atom is -0.350 e. The van der Waals surface area contributed by atoms with E-state index in [4.69, 9.17) is 0 Å². The maximum Gasteiger partial charge on any atom is 0.259 e. The monoisotopic (exact) mass is 382 g/mol. The number of hydrogen-bond donors (Lipinski definition) is 2. The van der Waals surface area contributed by atoms with E-state index in [-0.39, 0.29) is 17.9 Å². The van der Waals surface area contributed by atoms with Crippen LogP contribution in [0.15, 0.2) is 23.0 Å². The van der Waals surface area contributed by atoms with Crippen LogP contribution >= 0.6 is 11.3 Å². The quantitative estimate of drug-likeness (QED) is 0.710. The van der Waals surface area contributed by atoms with Crippen molar-refractivity contribution in [2.24, 2.45) is 0 Å². The lowest BCUT2D eigenvalue weighted by molar-refractivity contribution is -0.121. The molecule has 3 aromatic rings. The Labute approximate surface area is 161 Å². The molecular weight excluding hydrogens is 360 g/mol. The number of carbonyl (C=O) groups is 1. The standard InChI is InChI=1S/C20H22N4O2S/c1-12-5-4-6-13(22-12)11-21-17(25)10-9-16-23-19(26)18-14-7-2-3-8-15(14)27-20(18)24-16/h4-6H,2-3,7-11H2,1H3,(H,21,25)(H,23,24,26). The normalized spacial score (nSPS) is 13.5. The zero-order valence-corrected chi connectivity index (χ0v) is 16.1. The number of pyridine rings is 1. The zero-order valence-electron chi connectivity index (χ0n) is 15.3. The topological polar surface area (TPSA) is 87.7 Å². The molecule has 4 rings (SSSR count). The number of aromatic amines is 1. The highest BCUT2D eigenvalue weighted by Gasteiger charge is 2.19. The lowest BCUT2D eigenvalue weighted by atomic mass is 9.97. The molecule has 0 radical (unpaired) electrons. The molecule has 6 nitrogen and oxygen atoms in total. The van der Waals surface area contributed by atoms with E-state index in [1.165, 1.54) is 16.9 Å². The fourth-order valence-corrected chi connectivity index (χ4v) is 4.82. The SMILES string of the molecule is Cc1cccc(CNC(=O)CCc2nc3sc4c(c3c(=O)[nH]2)CCCC4)n1. The van der Waals surface area contributed by atoms with Crippen molar-refractivity contribution in [2.75, 3.05) is 0 Å². The molecule has 0 aromatic carbocycles. The second-order valence-corrected chi connectivity index (χ2v) is 8.03. The smallest absolute Gasteiger partial charge is 0.259 e. The average Bonchev–Trinajstić information content (AvgIpc) is 3.03. The molecule has 0 saturated heterocycles. The zero-order chi connectivity index (χ0) is 18.8. The van der Waals surface area contributed by atoms with Crippen LogP contribution in [0.25, 0.3) is 10.2 Å². The van der Waals surface area contributed by atoms with Gasteiger partial charge in [0, 0.05) is 23.4 Å². The maximum absolute atomic E-state index is 12.5. The van der Waals surface area contributed by atoms with Gasteiger partial charge in [0.15, 0.2) is 0 Å². The Bertz CT molecular complexity index is 1050. The number of amides is 1. The summed E-state index contributed by atoms with van der Waals surface area (Å²) in [5.41, 5.74) is 2.87. The highest BCUT2D eigenvalue weighted by Crippen LogP contribution is 2.33. The van der Waals surface area contributed by atoms with Crippen molar-refractivity contribution in [3.63, 3.8) is 0 Å². The number of H-pyrrole nitrogens is 1. The molecular formula is C20H22N4O2S. The summed E-state index contributed by atoms with van der Waals surface area (Å²) >= 11 is 1.63.